The van der Waals surface area contributed by atoms with Crippen molar-refractivity contribution in [2.75, 3.05) is 13.1 Å². The van der Waals surface area contributed by atoms with Gasteiger partial charge in [0.1, 0.15) is 0 Å². The van der Waals surface area contributed by atoms with Crippen LogP contribution in [-0.2, 0) is 4.79 Å². The summed E-state index contributed by atoms with van der Waals surface area (Å²) < 4.78 is 0. The van der Waals surface area contributed by atoms with Crippen molar-refractivity contribution in [3.63, 3.8) is 0 Å². The maximum atomic E-state index is 10.3. The van der Waals surface area contributed by atoms with Crippen LogP contribution in [0, 0.1) is 5.92 Å². The first-order valence-electron chi connectivity index (χ1n) is 4.82. The Hall–Kier alpha value is -0.830. The molecule has 1 saturated carbocycles. The molecule has 0 aromatic carbocycles. The van der Waals surface area contributed by atoms with E-state index in [2.05, 4.69) is 11.9 Å². The lowest BCUT2D eigenvalue weighted by Gasteiger charge is -2.03. The molecule has 0 heterocycles. The molecule has 0 radical (unpaired) electrons. The number of carboxylic acids is 1. The van der Waals surface area contributed by atoms with Gasteiger partial charge in [-0.3, -0.25) is 0 Å². The highest BCUT2D eigenvalue weighted by Gasteiger charge is 2.19. The van der Waals surface area contributed by atoms with Gasteiger partial charge in [0.15, 0.2) is 0 Å². The third kappa shape index (κ3) is 4.68. The summed E-state index contributed by atoms with van der Waals surface area (Å²) in [6.45, 7) is 4.75. The second-order valence-corrected chi connectivity index (χ2v) is 3.67. The number of aliphatic carboxylic acids is 1. The normalized spacial score (nSPS) is 15.7. The topological polar surface area (TPSA) is 49.3 Å². The van der Waals surface area contributed by atoms with Crippen molar-refractivity contribution < 1.29 is 9.90 Å². The van der Waals surface area contributed by atoms with Gasteiger partial charge in [0.2, 0.25) is 0 Å². The minimum atomic E-state index is -0.908. The summed E-state index contributed by atoms with van der Waals surface area (Å²) in [5.41, 5.74) is 0.242. The molecule has 1 fully saturated rings. The SMILES string of the molecule is C=C(CNCCCC1CC1)C(=O)O. The Morgan fingerprint density at radius 1 is 1.54 bits per heavy atom. The molecule has 0 aliphatic heterocycles. The fraction of sp³-hybridized carbons (Fsp3) is 0.700. The summed E-state index contributed by atoms with van der Waals surface area (Å²) in [7, 11) is 0. The Morgan fingerprint density at radius 3 is 2.77 bits per heavy atom. The van der Waals surface area contributed by atoms with Gasteiger partial charge < -0.3 is 10.4 Å². The standard InChI is InChI=1S/C10H17NO2/c1-8(10(12)13)7-11-6-2-3-9-4-5-9/h9,11H,1-7H2,(H,12,13). The van der Waals surface area contributed by atoms with E-state index in [0.717, 1.165) is 18.9 Å². The fourth-order valence-corrected chi connectivity index (χ4v) is 1.24. The van der Waals surface area contributed by atoms with E-state index in [1.165, 1.54) is 19.3 Å². The molecular formula is C10H17NO2. The first-order valence-corrected chi connectivity index (χ1v) is 4.82. The highest BCUT2D eigenvalue weighted by atomic mass is 16.4. The van der Waals surface area contributed by atoms with Crippen molar-refractivity contribution in [2.45, 2.75) is 25.7 Å². The predicted octanol–water partition coefficient (Wildman–Crippen LogP) is 1.41. The molecule has 2 N–H and O–H groups in total. The van der Waals surface area contributed by atoms with E-state index in [-0.39, 0.29) is 5.57 Å². The van der Waals surface area contributed by atoms with E-state index in [4.69, 9.17) is 5.11 Å². The summed E-state index contributed by atoms with van der Waals surface area (Å²) in [4.78, 5) is 10.3. The molecule has 3 nitrogen and oxygen atoms in total. The molecule has 0 saturated heterocycles. The van der Waals surface area contributed by atoms with E-state index < -0.39 is 5.97 Å². The monoisotopic (exact) mass is 183 g/mol. The highest BCUT2D eigenvalue weighted by molar-refractivity contribution is 5.86. The number of carboxylic acid groups (broad SMARTS) is 1. The first kappa shape index (κ1) is 10.3. The van der Waals surface area contributed by atoms with Crippen molar-refractivity contribution in [1.82, 2.24) is 5.32 Å². The second-order valence-electron chi connectivity index (χ2n) is 3.67. The number of carbonyl (C=O) groups is 1. The number of hydrogen-bond donors (Lipinski definition) is 2. The Balaban J connectivity index is 1.87. The third-order valence-corrected chi connectivity index (χ3v) is 2.30. The van der Waals surface area contributed by atoms with E-state index in [9.17, 15) is 4.79 Å². The van der Waals surface area contributed by atoms with Crippen molar-refractivity contribution >= 4 is 5.97 Å². The molecule has 0 spiro atoms. The zero-order valence-corrected chi connectivity index (χ0v) is 7.88. The second kappa shape index (κ2) is 5.02. The lowest BCUT2D eigenvalue weighted by molar-refractivity contribution is -0.132. The minimum absolute atomic E-state index is 0.242. The Bertz CT molecular complexity index is 197. The first-order chi connectivity index (χ1) is 6.20. The molecular weight excluding hydrogens is 166 g/mol. The summed E-state index contributed by atoms with van der Waals surface area (Å²) >= 11 is 0. The van der Waals surface area contributed by atoms with Crippen molar-refractivity contribution in [1.29, 1.82) is 0 Å². The number of hydrogen-bond acceptors (Lipinski definition) is 2. The average molecular weight is 183 g/mol. The van der Waals surface area contributed by atoms with E-state index in [1.54, 1.807) is 0 Å². The van der Waals surface area contributed by atoms with Gasteiger partial charge in [0.05, 0.1) is 0 Å². The molecule has 0 aromatic rings. The quantitative estimate of drug-likeness (QED) is 0.463. The maximum absolute atomic E-state index is 10.3. The van der Waals surface area contributed by atoms with Crippen LogP contribution in [-0.4, -0.2) is 24.2 Å². The van der Waals surface area contributed by atoms with E-state index in [1.807, 2.05) is 0 Å². The van der Waals surface area contributed by atoms with Gasteiger partial charge in [-0.1, -0.05) is 19.4 Å². The number of nitrogens with one attached hydrogen (secondary N) is 1. The smallest absolute Gasteiger partial charge is 0.332 e. The van der Waals surface area contributed by atoms with Crippen LogP contribution in [0.1, 0.15) is 25.7 Å². The van der Waals surface area contributed by atoms with Gasteiger partial charge in [-0.15, -0.1) is 0 Å². The Kier molecular flexibility index (Phi) is 3.96. The summed E-state index contributed by atoms with van der Waals surface area (Å²) in [6.07, 6.45) is 5.22. The third-order valence-electron chi connectivity index (χ3n) is 2.30. The van der Waals surface area contributed by atoms with Crippen LogP contribution in [0.5, 0.6) is 0 Å². The maximum Gasteiger partial charge on any atom is 0.332 e. The lowest BCUT2D eigenvalue weighted by Crippen LogP contribution is -2.21. The van der Waals surface area contributed by atoms with Gasteiger partial charge in [0.25, 0.3) is 0 Å². The van der Waals surface area contributed by atoms with Crippen molar-refractivity contribution in [2.24, 2.45) is 5.92 Å². The van der Waals surface area contributed by atoms with Crippen LogP contribution < -0.4 is 5.32 Å². The summed E-state index contributed by atoms with van der Waals surface area (Å²) in [6, 6.07) is 0. The molecule has 0 amide bonds. The molecule has 3 heteroatoms. The highest BCUT2D eigenvalue weighted by Crippen LogP contribution is 2.33. The molecule has 13 heavy (non-hydrogen) atoms. The molecule has 1 aliphatic rings. The zero-order chi connectivity index (χ0) is 9.68. The molecule has 1 aliphatic carbocycles. The average Bonchev–Trinajstić information content (AvgIpc) is 2.87. The van der Waals surface area contributed by atoms with Gasteiger partial charge in [0, 0.05) is 12.1 Å². The van der Waals surface area contributed by atoms with Crippen LogP contribution in [0.2, 0.25) is 0 Å². The van der Waals surface area contributed by atoms with Gasteiger partial charge in [-0.25, -0.2) is 4.79 Å². The largest absolute Gasteiger partial charge is 0.478 e. The Labute approximate surface area is 78.8 Å². The van der Waals surface area contributed by atoms with Gasteiger partial charge in [-0.05, 0) is 25.3 Å². The van der Waals surface area contributed by atoms with Crippen LogP contribution >= 0.6 is 0 Å². The van der Waals surface area contributed by atoms with Crippen LogP contribution in [0.25, 0.3) is 0 Å². The predicted molar refractivity (Wildman–Crippen MR) is 51.6 cm³/mol. The van der Waals surface area contributed by atoms with Crippen molar-refractivity contribution in [3.05, 3.63) is 12.2 Å². The zero-order valence-electron chi connectivity index (χ0n) is 7.88. The van der Waals surface area contributed by atoms with Crippen LogP contribution in [0.15, 0.2) is 12.2 Å². The number of rotatable bonds is 7. The molecule has 0 aromatic heterocycles. The van der Waals surface area contributed by atoms with E-state index >= 15 is 0 Å². The van der Waals surface area contributed by atoms with Gasteiger partial charge in [-0.2, -0.15) is 0 Å². The van der Waals surface area contributed by atoms with E-state index in [0.29, 0.717) is 6.54 Å². The molecule has 0 atom stereocenters. The summed E-state index contributed by atoms with van der Waals surface area (Å²) in [5, 5.41) is 11.6. The van der Waals surface area contributed by atoms with Gasteiger partial charge >= 0.3 is 5.97 Å². The fourth-order valence-electron chi connectivity index (χ4n) is 1.24. The summed E-state index contributed by atoms with van der Waals surface area (Å²) in [5.74, 6) is 0.0548. The minimum Gasteiger partial charge on any atom is -0.478 e. The lowest BCUT2D eigenvalue weighted by atomic mass is 10.2. The van der Waals surface area contributed by atoms with Crippen LogP contribution in [0.4, 0.5) is 0 Å². The Morgan fingerprint density at radius 2 is 2.23 bits per heavy atom. The molecule has 74 valence electrons. The van der Waals surface area contributed by atoms with Crippen molar-refractivity contribution in [3.8, 4) is 0 Å². The molecule has 0 bridgehead atoms. The molecule has 0 unspecified atom stereocenters. The molecule has 1 rings (SSSR count). The van der Waals surface area contributed by atoms with Crippen LogP contribution in [0.3, 0.4) is 0 Å².